The maximum atomic E-state index is 12.0. The van der Waals surface area contributed by atoms with Gasteiger partial charge in [0.15, 0.2) is 4.34 Å². The van der Waals surface area contributed by atoms with E-state index in [1.807, 2.05) is 0 Å². The van der Waals surface area contributed by atoms with Crippen LogP contribution in [0.4, 0.5) is 9.93 Å². The quantitative estimate of drug-likeness (QED) is 0.600. The summed E-state index contributed by atoms with van der Waals surface area (Å²) < 4.78 is 5.41. The van der Waals surface area contributed by atoms with Gasteiger partial charge in [0.1, 0.15) is 0 Å². The van der Waals surface area contributed by atoms with Crippen molar-refractivity contribution in [2.45, 2.75) is 49.9 Å². The number of carbonyl (C=O) groups excluding carboxylic acids is 2. The van der Waals surface area contributed by atoms with Crippen molar-refractivity contribution in [3.63, 3.8) is 0 Å². The van der Waals surface area contributed by atoms with Crippen molar-refractivity contribution in [1.29, 1.82) is 0 Å². The van der Waals surface area contributed by atoms with E-state index in [2.05, 4.69) is 27.8 Å². The van der Waals surface area contributed by atoms with E-state index in [0.29, 0.717) is 27.7 Å². The van der Waals surface area contributed by atoms with Gasteiger partial charge in [-0.25, -0.2) is 4.79 Å². The first-order chi connectivity index (χ1) is 11.1. The van der Waals surface area contributed by atoms with Crippen molar-refractivity contribution in [2.75, 3.05) is 17.7 Å². The first-order valence-corrected chi connectivity index (χ1v) is 9.58. The molecule has 128 valence electrons. The van der Waals surface area contributed by atoms with E-state index in [0.717, 1.165) is 6.42 Å². The molecule has 1 saturated carbocycles. The Hall–Kier alpha value is -1.35. The number of hydrogen-bond donors (Lipinski definition) is 2. The molecule has 1 aliphatic carbocycles. The lowest BCUT2D eigenvalue weighted by molar-refractivity contribution is -0.119. The highest BCUT2D eigenvalue weighted by Crippen LogP contribution is 2.26. The summed E-state index contributed by atoms with van der Waals surface area (Å²) in [5.41, 5.74) is 0. The number of aromatic nitrogens is 2. The fourth-order valence-corrected chi connectivity index (χ4v) is 4.03. The second-order valence-corrected chi connectivity index (χ2v) is 7.64. The number of carbonyl (C=O) groups is 2. The number of rotatable bonds is 6. The predicted octanol–water partition coefficient (Wildman–Crippen LogP) is 2.89. The van der Waals surface area contributed by atoms with Crippen LogP contribution in [-0.4, -0.2) is 40.6 Å². The normalized spacial score (nSPS) is 20.8. The molecule has 0 bridgehead atoms. The van der Waals surface area contributed by atoms with Gasteiger partial charge in [-0.15, -0.1) is 10.2 Å². The molecular formula is C14H22N4O3S2. The molecule has 1 aliphatic rings. The molecule has 0 unspecified atom stereocenters. The molecule has 0 saturated heterocycles. The van der Waals surface area contributed by atoms with Crippen molar-refractivity contribution in [1.82, 2.24) is 15.5 Å². The molecule has 0 aromatic carbocycles. The molecule has 7 nitrogen and oxygen atoms in total. The van der Waals surface area contributed by atoms with Crippen LogP contribution in [0.2, 0.25) is 0 Å². The first kappa shape index (κ1) is 18.0. The van der Waals surface area contributed by atoms with Gasteiger partial charge in [0.05, 0.1) is 12.4 Å². The maximum absolute atomic E-state index is 12.0. The SMILES string of the molecule is CCOC(=O)Nc1nnc(SCC(=O)N[C@H]2CCCC[C@H]2C)s1. The lowest BCUT2D eigenvalue weighted by Gasteiger charge is -2.29. The summed E-state index contributed by atoms with van der Waals surface area (Å²) in [7, 11) is 0. The maximum Gasteiger partial charge on any atom is 0.413 e. The third-order valence-electron chi connectivity index (χ3n) is 3.68. The Labute approximate surface area is 144 Å². The van der Waals surface area contributed by atoms with Crippen LogP contribution in [0.1, 0.15) is 39.5 Å². The van der Waals surface area contributed by atoms with Crippen LogP contribution in [0.3, 0.4) is 0 Å². The minimum absolute atomic E-state index is 0.0175. The van der Waals surface area contributed by atoms with Crippen LogP contribution >= 0.6 is 23.1 Å². The average Bonchev–Trinajstić information content (AvgIpc) is 2.95. The van der Waals surface area contributed by atoms with Crippen molar-refractivity contribution in [2.24, 2.45) is 5.92 Å². The molecule has 0 aliphatic heterocycles. The average molecular weight is 358 g/mol. The summed E-state index contributed by atoms with van der Waals surface area (Å²) in [6.45, 7) is 4.22. The molecule has 0 spiro atoms. The van der Waals surface area contributed by atoms with Gasteiger partial charge in [-0.05, 0) is 25.7 Å². The molecule has 1 aromatic heterocycles. The van der Waals surface area contributed by atoms with Gasteiger partial charge in [-0.2, -0.15) is 0 Å². The number of thioether (sulfide) groups is 1. The zero-order chi connectivity index (χ0) is 16.7. The monoisotopic (exact) mass is 358 g/mol. The third kappa shape index (κ3) is 5.98. The van der Waals surface area contributed by atoms with Crippen LogP contribution < -0.4 is 10.6 Å². The summed E-state index contributed by atoms with van der Waals surface area (Å²) in [6, 6.07) is 0.285. The number of nitrogens with one attached hydrogen (secondary N) is 2. The second-order valence-electron chi connectivity index (χ2n) is 5.44. The minimum atomic E-state index is -0.552. The van der Waals surface area contributed by atoms with Gasteiger partial charge >= 0.3 is 6.09 Å². The molecule has 1 aromatic rings. The molecule has 1 heterocycles. The lowest BCUT2D eigenvalue weighted by Crippen LogP contribution is -2.41. The van der Waals surface area contributed by atoms with Crippen LogP contribution in [0.5, 0.6) is 0 Å². The van der Waals surface area contributed by atoms with E-state index in [1.165, 1.54) is 42.4 Å². The highest BCUT2D eigenvalue weighted by atomic mass is 32.2. The number of hydrogen-bond acceptors (Lipinski definition) is 7. The largest absolute Gasteiger partial charge is 0.450 e. The van der Waals surface area contributed by atoms with Crippen LogP contribution in [-0.2, 0) is 9.53 Å². The molecular weight excluding hydrogens is 336 g/mol. The third-order valence-corrected chi connectivity index (χ3v) is 5.65. The Morgan fingerprint density at radius 2 is 2.13 bits per heavy atom. The van der Waals surface area contributed by atoms with Gasteiger partial charge in [0.2, 0.25) is 11.0 Å². The molecule has 0 radical (unpaired) electrons. The summed E-state index contributed by atoms with van der Waals surface area (Å²) in [5, 5.41) is 13.8. The van der Waals surface area contributed by atoms with Crippen LogP contribution in [0.15, 0.2) is 4.34 Å². The molecule has 1 fully saturated rings. The topological polar surface area (TPSA) is 93.2 Å². The molecule has 9 heteroatoms. The highest BCUT2D eigenvalue weighted by molar-refractivity contribution is 8.01. The Morgan fingerprint density at radius 1 is 1.35 bits per heavy atom. The fourth-order valence-electron chi connectivity index (χ4n) is 2.48. The highest BCUT2D eigenvalue weighted by Gasteiger charge is 2.22. The van der Waals surface area contributed by atoms with E-state index in [-0.39, 0.29) is 11.9 Å². The zero-order valence-corrected chi connectivity index (χ0v) is 15.0. The first-order valence-electron chi connectivity index (χ1n) is 7.78. The number of nitrogens with zero attached hydrogens (tertiary/aromatic N) is 2. The van der Waals surface area contributed by atoms with Gasteiger partial charge in [0.25, 0.3) is 0 Å². The summed E-state index contributed by atoms with van der Waals surface area (Å²) in [5.74, 6) is 0.862. The summed E-state index contributed by atoms with van der Waals surface area (Å²) in [4.78, 5) is 23.3. The van der Waals surface area contributed by atoms with E-state index in [1.54, 1.807) is 6.92 Å². The van der Waals surface area contributed by atoms with Crippen molar-refractivity contribution in [3.8, 4) is 0 Å². The number of amides is 2. The predicted molar refractivity (Wildman–Crippen MR) is 90.8 cm³/mol. The summed E-state index contributed by atoms with van der Waals surface area (Å²) in [6.07, 6.45) is 4.12. The Bertz CT molecular complexity index is 538. The number of ether oxygens (including phenoxy) is 1. The molecule has 2 atom stereocenters. The van der Waals surface area contributed by atoms with Gasteiger partial charge in [0, 0.05) is 6.04 Å². The Balaban J connectivity index is 1.74. The second kappa shape index (κ2) is 9.07. The van der Waals surface area contributed by atoms with Gasteiger partial charge < -0.3 is 10.1 Å². The van der Waals surface area contributed by atoms with Crippen molar-refractivity contribution < 1.29 is 14.3 Å². The van der Waals surface area contributed by atoms with Crippen molar-refractivity contribution in [3.05, 3.63) is 0 Å². The molecule has 23 heavy (non-hydrogen) atoms. The standard InChI is InChI=1S/C14H22N4O3S2/c1-3-21-13(20)16-12-17-18-14(23-12)22-8-11(19)15-10-7-5-4-6-9(10)2/h9-10H,3-8H2,1-2H3,(H,15,19)(H,16,17,20)/t9-,10+/m1/s1. The van der Waals surface area contributed by atoms with E-state index < -0.39 is 6.09 Å². The Kier molecular flexibility index (Phi) is 7.10. The van der Waals surface area contributed by atoms with Crippen LogP contribution in [0, 0.1) is 5.92 Å². The van der Waals surface area contributed by atoms with Crippen LogP contribution in [0.25, 0.3) is 0 Å². The fraction of sp³-hybridized carbons (Fsp3) is 0.714. The zero-order valence-electron chi connectivity index (χ0n) is 13.3. The van der Waals surface area contributed by atoms with Gasteiger partial charge in [-0.1, -0.05) is 42.9 Å². The number of anilines is 1. The van der Waals surface area contributed by atoms with Crippen molar-refractivity contribution >= 4 is 40.2 Å². The lowest BCUT2D eigenvalue weighted by atomic mass is 9.86. The smallest absolute Gasteiger partial charge is 0.413 e. The Morgan fingerprint density at radius 3 is 2.87 bits per heavy atom. The minimum Gasteiger partial charge on any atom is -0.450 e. The van der Waals surface area contributed by atoms with E-state index in [4.69, 9.17) is 4.74 Å². The summed E-state index contributed by atoms with van der Waals surface area (Å²) >= 11 is 2.54. The molecule has 2 N–H and O–H groups in total. The molecule has 2 rings (SSSR count). The molecule has 2 amide bonds. The van der Waals surface area contributed by atoms with Gasteiger partial charge in [-0.3, -0.25) is 10.1 Å². The van der Waals surface area contributed by atoms with E-state index >= 15 is 0 Å². The van der Waals surface area contributed by atoms with E-state index in [9.17, 15) is 9.59 Å².